The summed E-state index contributed by atoms with van der Waals surface area (Å²) in [6.45, 7) is 6.07. The Morgan fingerprint density at radius 3 is 2.64 bits per heavy atom. The van der Waals surface area contributed by atoms with E-state index in [-0.39, 0.29) is 0 Å². The molecule has 0 amide bonds. The number of allylic oxidation sites excluding steroid dienone is 1. The predicted octanol–water partition coefficient (Wildman–Crippen LogP) is 3.44. The first kappa shape index (κ1) is 9.51. The Morgan fingerprint density at radius 1 is 1.21 bits per heavy atom. The molecule has 0 atom stereocenters. The van der Waals surface area contributed by atoms with Gasteiger partial charge in [0.05, 0.1) is 0 Å². The maximum absolute atomic E-state index is 4.01. The molecule has 0 aliphatic heterocycles. The van der Waals surface area contributed by atoms with Crippen molar-refractivity contribution in [3.8, 4) is 11.1 Å². The van der Waals surface area contributed by atoms with Crippen molar-refractivity contribution in [2.75, 3.05) is 0 Å². The topological polar surface area (TPSA) is 0 Å². The number of hydrogen-bond donors (Lipinski definition) is 0. The van der Waals surface area contributed by atoms with Gasteiger partial charge >= 0.3 is 90.5 Å². The average molecular weight is 247 g/mol. The summed E-state index contributed by atoms with van der Waals surface area (Å²) in [6, 6.07) is 10.7. The Bertz CT molecular complexity index is 438. The van der Waals surface area contributed by atoms with Gasteiger partial charge in [0.25, 0.3) is 0 Å². The van der Waals surface area contributed by atoms with Gasteiger partial charge in [0, 0.05) is 0 Å². The molecule has 0 N–H and O–H groups in total. The maximum atomic E-state index is 4.01. The SMILES string of the molecule is C=C(C)c1ccccc1-c1cc[se]c1. The molecule has 1 heterocycles. The van der Waals surface area contributed by atoms with E-state index in [9.17, 15) is 0 Å². The molecular formula is C13H12Se. The van der Waals surface area contributed by atoms with Gasteiger partial charge in [0.15, 0.2) is 0 Å². The van der Waals surface area contributed by atoms with Crippen molar-refractivity contribution in [2.24, 2.45) is 0 Å². The zero-order valence-electron chi connectivity index (χ0n) is 8.16. The molecule has 0 fully saturated rings. The minimum absolute atomic E-state index is 0.553. The van der Waals surface area contributed by atoms with Crippen molar-refractivity contribution in [2.45, 2.75) is 6.92 Å². The van der Waals surface area contributed by atoms with Gasteiger partial charge in [0.2, 0.25) is 0 Å². The summed E-state index contributed by atoms with van der Waals surface area (Å²) < 4.78 is 0. The summed E-state index contributed by atoms with van der Waals surface area (Å²) in [5.41, 5.74) is 5.06. The van der Waals surface area contributed by atoms with E-state index in [1.165, 1.54) is 16.7 Å². The van der Waals surface area contributed by atoms with E-state index in [1.54, 1.807) is 0 Å². The standard InChI is InChI=1S/C13H12Se/c1-10(2)12-5-3-4-6-13(12)11-7-8-14-9-11/h3-9H,1H2,2H3. The third kappa shape index (κ3) is 1.74. The van der Waals surface area contributed by atoms with Gasteiger partial charge in [-0.25, -0.2) is 0 Å². The Balaban J connectivity index is 2.58. The molecule has 0 nitrogen and oxygen atoms in total. The van der Waals surface area contributed by atoms with E-state index in [4.69, 9.17) is 0 Å². The fourth-order valence-electron chi connectivity index (χ4n) is 1.52. The molecule has 1 aromatic carbocycles. The molecule has 2 aromatic rings. The normalized spacial score (nSPS) is 10.1. The van der Waals surface area contributed by atoms with Crippen molar-refractivity contribution in [3.63, 3.8) is 0 Å². The Hall–Kier alpha value is -1.04. The molecule has 0 saturated carbocycles. The third-order valence-corrected chi connectivity index (χ3v) is 3.65. The van der Waals surface area contributed by atoms with Crippen molar-refractivity contribution in [1.29, 1.82) is 0 Å². The summed E-state index contributed by atoms with van der Waals surface area (Å²) in [4.78, 5) is 4.56. The molecule has 0 bridgehead atoms. The second-order valence-electron chi connectivity index (χ2n) is 3.34. The van der Waals surface area contributed by atoms with Crippen LogP contribution in [-0.4, -0.2) is 14.5 Å². The summed E-state index contributed by atoms with van der Waals surface area (Å²) in [6.07, 6.45) is 0. The fraction of sp³-hybridized carbons (Fsp3) is 0.0769. The van der Waals surface area contributed by atoms with Crippen LogP contribution in [-0.2, 0) is 0 Å². The van der Waals surface area contributed by atoms with Gasteiger partial charge in [-0.2, -0.15) is 0 Å². The van der Waals surface area contributed by atoms with Crippen LogP contribution in [0.1, 0.15) is 12.5 Å². The molecule has 2 rings (SSSR count). The van der Waals surface area contributed by atoms with Crippen LogP contribution in [0.3, 0.4) is 0 Å². The first-order chi connectivity index (χ1) is 6.79. The molecule has 0 aliphatic carbocycles. The van der Waals surface area contributed by atoms with Crippen molar-refractivity contribution >= 4 is 20.1 Å². The van der Waals surface area contributed by atoms with Gasteiger partial charge in [-0.1, -0.05) is 0 Å². The molecule has 0 radical (unpaired) electrons. The first-order valence-corrected chi connectivity index (χ1v) is 6.54. The third-order valence-electron chi connectivity index (χ3n) is 2.22. The van der Waals surface area contributed by atoms with Gasteiger partial charge < -0.3 is 0 Å². The average Bonchev–Trinajstić information content (AvgIpc) is 2.70. The van der Waals surface area contributed by atoms with Crippen LogP contribution in [0, 0.1) is 0 Å². The van der Waals surface area contributed by atoms with Gasteiger partial charge in [0.1, 0.15) is 0 Å². The zero-order chi connectivity index (χ0) is 9.97. The second kappa shape index (κ2) is 4.00. The van der Waals surface area contributed by atoms with Crippen molar-refractivity contribution in [3.05, 3.63) is 52.4 Å². The summed E-state index contributed by atoms with van der Waals surface area (Å²) in [5, 5.41) is 0. The van der Waals surface area contributed by atoms with Crippen LogP contribution in [0.5, 0.6) is 0 Å². The van der Waals surface area contributed by atoms with Gasteiger partial charge in [-0.3, -0.25) is 0 Å². The van der Waals surface area contributed by atoms with E-state index in [2.05, 4.69) is 53.7 Å². The zero-order valence-corrected chi connectivity index (χ0v) is 9.87. The van der Waals surface area contributed by atoms with E-state index in [0.717, 1.165) is 5.57 Å². The fourth-order valence-corrected chi connectivity index (χ4v) is 2.90. The minimum atomic E-state index is 0.553. The van der Waals surface area contributed by atoms with Gasteiger partial charge in [-0.15, -0.1) is 0 Å². The molecule has 0 spiro atoms. The molecule has 0 aliphatic rings. The molecule has 0 unspecified atom stereocenters. The molecule has 1 heteroatoms. The molecule has 14 heavy (non-hydrogen) atoms. The first-order valence-electron chi connectivity index (χ1n) is 4.56. The Morgan fingerprint density at radius 2 is 2.00 bits per heavy atom. The number of hydrogen-bond acceptors (Lipinski definition) is 0. The van der Waals surface area contributed by atoms with E-state index in [1.807, 2.05) is 0 Å². The van der Waals surface area contributed by atoms with Crippen LogP contribution in [0.25, 0.3) is 16.7 Å². The van der Waals surface area contributed by atoms with Crippen molar-refractivity contribution in [1.82, 2.24) is 0 Å². The Kier molecular flexibility index (Phi) is 2.72. The molecular weight excluding hydrogens is 235 g/mol. The van der Waals surface area contributed by atoms with Crippen LogP contribution in [0.2, 0.25) is 0 Å². The quantitative estimate of drug-likeness (QED) is 0.713. The second-order valence-corrected chi connectivity index (χ2v) is 4.97. The van der Waals surface area contributed by atoms with Crippen LogP contribution in [0.15, 0.2) is 46.8 Å². The summed E-state index contributed by atoms with van der Waals surface area (Å²) >= 11 is 0.553. The molecule has 70 valence electrons. The van der Waals surface area contributed by atoms with Gasteiger partial charge in [-0.05, 0) is 0 Å². The van der Waals surface area contributed by atoms with Crippen LogP contribution in [0.4, 0.5) is 0 Å². The number of rotatable bonds is 2. The predicted molar refractivity (Wildman–Crippen MR) is 63.5 cm³/mol. The number of benzene rings is 1. The molecule has 1 aromatic heterocycles. The van der Waals surface area contributed by atoms with E-state index >= 15 is 0 Å². The van der Waals surface area contributed by atoms with Crippen molar-refractivity contribution < 1.29 is 0 Å². The monoisotopic (exact) mass is 248 g/mol. The van der Waals surface area contributed by atoms with Crippen LogP contribution < -0.4 is 0 Å². The molecule has 0 saturated heterocycles. The Labute approximate surface area is 90.7 Å². The summed E-state index contributed by atoms with van der Waals surface area (Å²) in [5.74, 6) is 0. The van der Waals surface area contributed by atoms with E-state index in [0.29, 0.717) is 14.5 Å². The van der Waals surface area contributed by atoms with E-state index < -0.39 is 0 Å². The van der Waals surface area contributed by atoms with Crippen LogP contribution >= 0.6 is 0 Å². The summed E-state index contributed by atoms with van der Waals surface area (Å²) in [7, 11) is 0.